The van der Waals surface area contributed by atoms with E-state index in [4.69, 9.17) is 0 Å². The van der Waals surface area contributed by atoms with Crippen LogP contribution in [0.5, 0.6) is 0 Å². The molecule has 1 aromatic rings. The van der Waals surface area contributed by atoms with Crippen molar-refractivity contribution in [2.45, 2.75) is 44.0 Å². The van der Waals surface area contributed by atoms with Crippen LogP contribution in [-0.2, 0) is 15.3 Å². The maximum Gasteiger partial charge on any atom is 0.195 e. The molecule has 0 spiro atoms. The summed E-state index contributed by atoms with van der Waals surface area (Å²) < 4.78 is 0. The van der Waals surface area contributed by atoms with Crippen LogP contribution >= 0.6 is 11.8 Å². The van der Waals surface area contributed by atoms with Crippen LogP contribution in [0.4, 0.5) is 0 Å². The Bertz CT molecular complexity index is 571. The van der Waals surface area contributed by atoms with Gasteiger partial charge in [0.2, 0.25) is 0 Å². The molecule has 2 aliphatic carbocycles. The van der Waals surface area contributed by atoms with Gasteiger partial charge >= 0.3 is 0 Å². The van der Waals surface area contributed by atoms with E-state index in [9.17, 15) is 14.7 Å². The second kappa shape index (κ2) is 5.25. The molecule has 0 heterocycles. The molecule has 112 valence electrons. The van der Waals surface area contributed by atoms with E-state index in [1.807, 2.05) is 37.3 Å². The number of ketones is 1. The Labute approximate surface area is 129 Å². The third kappa shape index (κ3) is 2.25. The lowest BCUT2D eigenvalue weighted by molar-refractivity contribution is -0.137. The fourth-order valence-corrected chi connectivity index (χ4v) is 4.84. The predicted octanol–water partition coefficient (Wildman–Crippen LogP) is 2.96. The maximum atomic E-state index is 12.5. The summed E-state index contributed by atoms with van der Waals surface area (Å²) in [5.74, 6) is 0.340. The van der Waals surface area contributed by atoms with Crippen LogP contribution in [0.2, 0.25) is 0 Å². The normalized spacial score (nSPS) is 35.0. The summed E-state index contributed by atoms with van der Waals surface area (Å²) in [6.45, 7) is 1.83. The summed E-state index contributed by atoms with van der Waals surface area (Å²) in [7, 11) is 0. The van der Waals surface area contributed by atoms with E-state index in [-0.39, 0.29) is 10.9 Å². The SMILES string of the molecule is C[C@@]12CC[C@@H](C(=O)SCc3ccccc3)[C@]1(O)CCC2=O. The Kier molecular flexibility index (Phi) is 3.70. The van der Waals surface area contributed by atoms with Gasteiger partial charge in [-0.25, -0.2) is 0 Å². The molecule has 3 rings (SSSR count). The summed E-state index contributed by atoms with van der Waals surface area (Å²) >= 11 is 1.26. The van der Waals surface area contributed by atoms with Crippen molar-refractivity contribution in [3.8, 4) is 0 Å². The lowest BCUT2D eigenvalue weighted by Crippen LogP contribution is -2.46. The Balaban J connectivity index is 1.70. The van der Waals surface area contributed by atoms with Gasteiger partial charge in [0.25, 0.3) is 0 Å². The van der Waals surface area contributed by atoms with E-state index in [0.717, 1.165) is 5.56 Å². The van der Waals surface area contributed by atoms with E-state index in [2.05, 4.69) is 0 Å². The van der Waals surface area contributed by atoms with Gasteiger partial charge in [0.15, 0.2) is 5.12 Å². The Morgan fingerprint density at radius 3 is 2.76 bits per heavy atom. The molecule has 4 heteroatoms. The van der Waals surface area contributed by atoms with Crippen LogP contribution in [0.25, 0.3) is 0 Å². The third-order valence-corrected chi connectivity index (χ3v) is 6.37. The van der Waals surface area contributed by atoms with E-state index in [1.54, 1.807) is 0 Å². The van der Waals surface area contributed by atoms with E-state index >= 15 is 0 Å². The first-order chi connectivity index (χ1) is 9.97. The summed E-state index contributed by atoms with van der Waals surface area (Å²) in [6.07, 6.45) is 2.09. The highest BCUT2D eigenvalue weighted by atomic mass is 32.2. The summed E-state index contributed by atoms with van der Waals surface area (Å²) in [5, 5.41) is 11.0. The summed E-state index contributed by atoms with van der Waals surface area (Å²) in [5.41, 5.74) is -0.725. The second-order valence-corrected chi connectivity index (χ2v) is 7.34. The Morgan fingerprint density at radius 2 is 2.05 bits per heavy atom. The number of carbonyl (C=O) groups is 2. The number of hydrogen-bond donors (Lipinski definition) is 1. The van der Waals surface area contributed by atoms with Crippen LogP contribution < -0.4 is 0 Å². The number of fused-ring (bicyclic) bond motifs is 1. The minimum absolute atomic E-state index is 0.0276. The van der Waals surface area contributed by atoms with Gasteiger partial charge in [-0.2, -0.15) is 0 Å². The van der Waals surface area contributed by atoms with E-state index in [1.165, 1.54) is 11.8 Å². The van der Waals surface area contributed by atoms with Gasteiger partial charge in [-0.3, -0.25) is 9.59 Å². The molecule has 0 unspecified atom stereocenters. The van der Waals surface area contributed by atoms with Crippen LogP contribution in [0.3, 0.4) is 0 Å². The molecule has 2 aliphatic rings. The quantitative estimate of drug-likeness (QED) is 0.933. The maximum absolute atomic E-state index is 12.5. The number of aliphatic hydroxyl groups is 1. The zero-order valence-corrected chi connectivity index (χ0v) is 13.0. The fraction of sp³-hybridized carbons (Fsp3) is 0.529. The van der Waals surface area contributed by atoms with Gasteiger partial charge in [-0.05, 0) is 31.7 Å². The molecular weight excluding hydrogens is 284 g/mol. The van der Waals surface area contributed by atoms with Gasteiger partial charge in [-0.1, -0.05) is 42.1 Å². The molecule has 21 heavy (non-hydrogen) atoms. The molecule has 3 atom stereocenters. The van der Waals surface area contributed by atoms with Gasteiger partial charge in [0.05, 0.1) is 16.9 Å². The van der Waals surface area contributed by atoms with Crippen molar-refractivity contribution in [3.63, 3.8) is 0 Å². The lowest BCUT2D eigenvalue weighted by Gasteiger charge is -2.34. The van der Waals surface area contributed by atoms with Crippen LogP contribution in [0.15, 0.2) is 30.3 Å². The van der Waals surface area contributed by atoms with Crippen molar-refractivity contribution in [3.05, 3.63) is 35.9 Å². The zero-order valence-electron chi connectivity index (χ0n) is 12.2. The molecule has 0 radical (unpaired) electrons. The number of hydrogen-bond acceptors (Lipinski definition) is 4. The molecular formula is C17H20O3S. The van der Waals surface area contributed by atoms with Crippen LogP contribution in [-0.4, -0.2) is 21.6 Å². The van der Waals surface area contributed by atoms with E-state index < -0.39 is 16.9 Å². The van der Waals surface area contributed by atoms with Crippen molar-refractivity contribution in [1.82, 2.24) is 0 Å². The number of Topliss-reactive ketones (excluding diaryl/α,β-unsaturated/α-hetero) is 1. The molecule has 0 bridgehead atoms. The molecule has 0 aromatic heterocycles. The molecule has 1 N–H and O–H groups in total. The molecule has 3 nitrogen and oxygen atoms in total. The molecule has 2 fully saturated rings. The first-order valence-corrected chi connectivity index (χ1v) is 8.42. The highest BCUT2D eigenvalue weighted by Gasteiger charge is 2.65. The summed E-state index contributed by atoms with van der Waals surface area (Å²) in [4.78, 5) is 24.6. The molecule has 1 aromatic carbocycles. The number of carbonyl (C=O) groups excluding carboxylic acids is 2. The van der Waals surface area contributed by atoms with Crippen LogP contribution in [0.1, 0.15) is 38.2 Å². The Morgan fingerprint density at radius 1 is 1.33 bits per heavy atom. The Hall–Kier alpha value is -1.13. The van der Waals surface area contributed by atoms with Gasteiger partial charge < -0.3 is 5.11 Å². The largest absolute Gasteiger partial charge is 0.388 e. The molecule has 0 amide bonds. The average Bonchev–Trinajstić information content (AvgIpc) is 2.88. The van der Waals surface area contributed by atoms with Crippen molar-refractivity contribution in [1.29, 1.82) is 0 Å². The minimum atomic E-state index is -1.12. The predicted molar refractivity (Wildman–Crippen MR) is 82.8 cm³/mol. The highest BCUT2D eigenvalue weighted by Crippen LogP contribution is 2.58. The topological polar surface area (TPSA) is 54.4 Å². The monoisotopic (exact) mass is 304 g/mol. The van der Waals surface area contributed by atoms with Crippen molar-refractivity contribution < 1.29 is 14.7 Å². The van der Waals surface area contributed by atoms with Gasteiger partial charge in [-0.15, -0.1) is 0 Å². The smallest absolute Gasteiger partial charge is 0.195 e. The standard InChI is InChI=1S/C17H20O3S/c1-16-9-7-13(17(16,20)10-8-14(16)18)15(19)21-11-12-5-3-2-4-6-12/h2-6,13,20H,7-11H2,1H3/t13-,16-,17+/m0/s1. The molecule has 0 aliphatic heterocycles. The van der Waals surface area contributed by atoms with Crippen molar-refractivity contribution in [2.75, 3.05) is 0 Å². The first kappa shape index (κ1) is 14.8. The summed E-state index contributed by atoms with van der Waals surface area (Å²) in [6, 6.07) is 9.84. The number of rotatable bonds is 3. The van der Waals surface area contributed by atoms with E-state index in [0.29, 0.717) is 31.4 Å². The average molecular weight is 304 g/mol. The number of thioether (sulfide) groups is 1. The zero-order chi connectivity index (χ0) is 15.1. The lowest BCUT2D eigenvalue weighted by atomic mass is 9.75. The van der Waals surface area contributed by atoms with Gasteiger partial charge in [0.1, 0.15) is 5.78 Å². The van der Waals surface area contributed by atoms with Crippen LogP contribution in [0, 0.1) is 11.3 Å². The highest BCUT2D eigenvalue weighted by molar-refractivity contribution is 8.13. The number of benzene rings is 1. The third-order valence-electron chi connectivity index (χ3n) is 5.32. The van der Waals surface area contributed by atoms with Crippen molar-refractivity contribution in [2.24, 2.45) is 11.3 Å². The van der Waals surface area contributed by atoms with Crippen molar-refractivity contribution >= 4 is 22.7 Å². The van der Waals surface area contributed by atoms with Gasteiger partial charge in [0, 0.05) is 12.2 Å². The minimum Gasteiger partial charge on any atom is -0.388 e. The second-order valence-electron chi connectivity index (χ2n) is 6.36. The molecule has 0 saturated heterocycles. The fourth-order valence-electron chi connectivity index (χ4n) is 3.83. The first-order valence-electron chi connectivity index (χ1n) is 7.44. The molecule has 2 saturated carbocycles.